The van der Waals surface area contributed by atoms with Crippen LogP contribution in [0.3, 0.4) is 0 Å². The van der Waals surface area contributed by atoms with Gasteiger partial charge in [-0.2, -0.15) is 0 Å². The molecule has 0 saturated heterocycles. The van der Waals surface area contributed by atoms with Crippen LogP contribution in [-0.2, 0) is 24.7 Å². The molecule has 0 amide bonds. The van der Waals surface area contributed by atoms with Gasteiger partial charge < -0.3 is 0 Å². The Hall–Kier alpha value is -0.500. The molecule has 115 valence electrons. The summed E-state index contributed by atoms with van der Waals surface area (Å²) in [7, 11) is -0.972. The van der Waals surface area contributed by atoms with Gasteiger partial charge >= 0.3 is 82.3 Å². The van der Waals surface area contributed by atoms with Crippen LogP contribution in [0.25, 0.3) is 11.3 Å². The second-order valence-electron chi connectivity index (χ2n) is 7.36. The van der Waals surface area contributed by atoms with Crippen LogP contribution in [0.2, 0.25) is 13.1 Å². The first-order valence-corrected chi connectivity index (χ1v) is 13.6. The second-order valence-corrected chi connectivity index (χ2v) is 14.2. The fraction of sp³-hybridized carbons (Fsp3) is 0.300. The van der Waals surface area contributed by atoms with E-state index in [0.29, 0.717) is 0 Å². The molecule has 1 aromatic heterocycles. The minimum atomic E-state index is -0.972. The Bertz CT molecular complexity index is 856. The van der Waals surface area contributed by atoms with Gasteiger partial charge in [0.15, 0.2) is 0 Å². The molecule has 2 unspecified atom stereocenters. The van der Waals surface area contributed by atoms with E-state index in [1.54, 1.807) is 45.9 Å². The molecular weight excluding hydrogens is 392 g/mol. The van der Waals surface area contributed by atoms with Crippen molar-refractivity contribution in [2.45, 2.75) is 36.1 Å². The molecular formula is C20H21SSiZr. The van der Waals surface area contributed by atoms with Gasteiger partial charge in [0.25, 0.3) is 0 Å². The van der Waals surface area contributed by atoms with Crippen LogP contribution in [-0.4, -0.2) is 8.07 Å². The van der Waals surface area contributed by atoms with Gasteiger partial charge in [-0.05, 0) is 23.9 Å². The van der Waals surface area contributed by atoms with E-state index in [1.807, 2.05) is 11.3 Å². The molecule has 0 saturated carbocycles. The quantitative estimate of drug-likeness (QED) is 0.458. The van der Waals surface area contributed by atoms with Crippen LogP contribution in [0.5, 0.6) is 0 Å². The van der Waals surface area contributed by atoms with Gasteiger partial charge in [-0.25, -0.2) is 0 Å². The normalized spacial score (nSPS) is 25.1. The van der Waals surface area contributed by atoms with Crippen molar-refractivity contribution >= 4 is 30.7 Å². The van der Waals surface area contributed by atoms with Crippen LogP contribution in [0.15, 0.2) is 46.9 Å². The summed E-state index contributed by atoms with van der Waals surface area (Å²) >= 11 is 3.56. The zero-order valence-electron chi connectivity index (χ0n) is 14.1. The third kappa shape index (κ3) is 2.23. The van der Waals surface area contributed by atoms with E-state index in [1.165, 1.54) is 16.7 Å². The average Bonchev–Trinajstić information content (AvgIpc) is 3.18. The Kier molecular flexibility index (Phi) is 3.83. The van der Waals surface area contributed by atoms with Crippen molar-refractivity contribution in [3.05, 3.63) is 68.4 Å². The van der Waals surface area contributed by atoms with Crippen molar-refractivity contribution in [1.82, 2.24) is 0 Å². The zero-order valence-corrected chi connectivity index (χ0v) is 18.4. The number of hydrogen-bond acceptors (Lipinski definition) is 1. The van der Waals surface area contributed by atoms with Gasteiger partial charge in [-0.3, -0.25) is 0 Å². The Morgan fingerprint density at radius 1 is 1.09 bits per heavy atom. The summed E-state index contributed by atoms with van der Waals surface area (Å²) in [5.41, 5.74) is 8.65. The molecule has 3 heterocycles. The van der Waals surface area contributed by atoms with Gasteiger partial charge in [0.1, 0.15) is 0 Å². The van der Waals surface area contributed by atoms with Gasteiger partial charge in [0.05, 0.1) is 8.07 Å². The van der Waals surface area contributed by atoms with Crippen LogP contribution in [0.1, 0.15) is 44.6 Å². The Labute approximate surface area is 159 Å². The number of fused-ring (bicyclic) bond motifs is 1. The fourth-order valence-electron chi connectivity index (χ4n) is 4.57. The second kappa shape index (κ2) is 5.51. The van der Waals surface area contributed by atoms with Crippen LogP contribution < -0.4 is 0 Å². The molecule has 2 aliphatic carbocycles. The standard InChI is InChI=1S/C10H12SSi.C10H9.Zr/c1-6-9-7-4-5-11-8(7)10(6)12(9,2)3;1-8-6-9-4-2-3-5-10(9)7-8;/h4-5,10H,1-3H3;2-7H,1H3;. The van der Waals surface area contributed by atoms with Crippen molar-refractivity contribution in [2.24, 2.45) is 0 Å². The van der Waals surface area contributed by atoms with Crippen molar-refractivity contribution in [3.63, 3.8) is 0 Å². The molecule has 2 atom stereocenters. The Morgan fingerprint density at radius 2 is 1.83 bits per heavy atom. The van der Waals surface area contributed by atoms with Crippen LogP contribution >= 0.6 is 11.3 Å². The first kappa shape index (κ1) is 16.0. The SMILES string of the molecule is CC1=C2c3ccsc3C1[Si]2(C)C.CC1=Cc2ccccc2[CH]1[Zr]. The van der Waals surface area contributed by atoms with E-state index in [0.717, 1.165) is 9.17 Å². The molecule has 4 aliphatic rings. The summed E-state index contributed by atoms with van der Waals surface area (Å²) in [5.74, 6) is 0. The fourth-order valence-corrected chi connectivity index (χ4v) is 11.7. The average molecular weight is 413 g/mol. The predicted octanol–water partition coefficient (Wildman–Crippen LogP) is 6.11. The number of benzene rings is 1. The Morgan fingerprint density at radius 3 is 2.48 bits per heavy atom. The molecule has 6 rings (SSSR count). The van der Waals surface area contributed by atoms with E-state index >= 15 is 0 Å². The molecule has 0 nitrogen and oxygen atoms in total. The maximum atomic E-state index is 2.51. The molecule has 0 fully saturated rings. The summed E-state index contributed by atoms with van der Waals surface area (Å²) < 4.78 is 0.721. The maximum absolute atomic E-state index is 2.51. The monoisotopic (exact) mass is 411 g/mol. The van der Waals surface area contributed by atoms with E-state index in [4.69, 9.17) is 0 Å². The molecule has 2 bridgehead atoms. The van der Waals surface area contributed by atoms with Crippen molar-refractivity contribution < 1.29 is 24.7 Å². The van der Waals surface area contributed by atoms with Gasteiger partial charge in [0, 0.05) is 10.4 Å². The topological polar surface area (TPSA) is 0 Å². The van der Waals surface area contributed by atoms with Gasteiger partial charge in [0.2, 0.25) is 0 Å². The summed E-state index contributed by atoms with van der Waals surface area (Å²) in [6, 6.07) is 11.0. The number of rotatable bonds is 0. The zero-order chi connectivity index (χ0) is 16.4. The molecule has 0 radical (unpaired) electrons. The summed E-state index contributed by atoms with van der Waals surface area (Å²) in [6.45, 7) is 9.56. The molecule has 0 spiro atoms. The van der Waals surface area contributed by atoms with E-state index in [9.17, 15) is 0 Å². The van der Waals surface area contributed by atoms with Crippen molar-refractivity contribution in [2.75, 3.05) is 0 Å². The van der Waals surface area contributed by atoms with Gasteiger partial charge in [-0.15, -0.1) is 11.3 Å². The van der Waals surface area contributed by atoms with E-state index in [-0.39, 0.29) is 0 Å². The number of allylic oxidation sites excluding steroid dienone is 2. The third-order valence-electron chi connectivity index (χ3n) is 5.57. The molecule has 23 heavy (non-hydrogen) atoms. The van der Waals surface area contributed by atoms with Gasteiger partial charge in [-0.1, -0.05) is 23.9 Å². The minimum absolute atomic E-state index is 0.721. The predicted molar refractivity (Wildman–Crippen MR) is 100.0 cm³/mol. The molecule has 1 aromatic carbocycles. The third-order valence-corrected chi connectivity index (χ3v) is 12.8. The number of thiophene rings is 1. The van der Waals surface area contributed by atoms with Crippen molar-refractivity contribution in [3.8, 4) is 0 Å². The molecule has 2 aromatic rings. The van der Waals surface area contributed by atoms with Crippen LogP contribution in [0, 0.1) is 0 Å². The first-order valence-electron chi connectivity index (χ1n) is 8.20. The summed E-state index contributed by atoms with van der Waals surface area (Å²) in [6.07, 6.45) is 2.30. The molecule has 3 heteroatoms. The Balaban J connectivity index is 0.000000118. The number of hydrogen-bond donors (Lipinski definition) is 0. The van der Waals surface area contributed by atoms with E-state index in [2.05, 4.69) is 68.7 Å². The first-order chi connectivity index (χ1) is 10.9. The van der Waals surface area contributed by atoms with E-state index < -0.39 is 8.07 Å². The summed E-state index contributed by atoms with van der Waals surface area (Å²) in [5, 5.41) is 4.01. The molecule has 0 N–H and O–H groups in total. The van der Waals surface area contributed by atoms with Crippen molar-refractivity contribution in [1.29, 1.82) is 0 Å². The molecule has 2 aliphatic heterocycles. The van der Waals surface area contributed by atoms with Crippen LogP contribution in [0.4, 0.5) is 0 Å². The summed E-state index contributed by atoms with van der Waals surface area (Å²) in [4.78, 5) is 1.68.